The summed E-state index contributed by atoms with van der Waals surface area (Å²) >= 11 is 0. The fourth-order valence-electron chi connectivity index (χ4n) is 2.08. The first-order chi connectivity index (χ1) is 12.5. The number of para-hydroxylation sites is 1. The summed E-state index contributed by atoms with van der Waals surface area (Å²) in [6.45, 7) is 0.695. The molecule has 0 saturated carbocycles. The second-order valence-corrected chi connectivity index (χ2v) is 5.43. The van der Waals surface area contributed by atoms with Gasteiger partial charge in [-0.15, -0.1) is 0 Å². The van der Waals surface area contributed by atoms with E-state index in [1.807, 2.05) is 5.32 Å². The molecule has 2 aromatic carbocycles. The molecule has 2 aromatic rings. The van der Waals surface area contributed by atoms with E-state index in [1.54, 1.807) is 0 Å². The fourth-order valence-corrected chi connectivity index (χ4v) is 2.08. The highest BCUT2D eigenvalue weighted by molar-refractivity contribution is 6.06. The average molecular weight is 392 g/mol. The highest BCUT2D eigenvalue weighted by Gasteiger charge is 2.39. The number of carbonyl (C=O) groups excluding carboxylic acids is 1. The Hall–Kier alpha value is -2.91. The molecule has 4 nitrogen and oxygen atoms in total. The van der Waals surface area contributed by atoms with Gasteiger partial charge in [-0.05, 0) is 25.1 Å². The van der Waals surface area contributed by atoms with E-state index in [9.17, 15) is 31.1 Å². The van der Waals surface area contributed by atoms with Crippen molar-refractivity contribution in [2.45, 2.75) is 19.2 Å². The second kappa shape index (κ2) is 7.77. The number of amides is 1. The van der Waals surface area contributed by atoms with Gasteiger partial charge in [0.1, 0.15) is 28.9 Å². The van der Waals surface area contributed by atoms with Gasteiger partial charge in [0.15, 0.2) is 6.10 Å². The lowest BCUT2D eigenvalue weighted by Gasteiger charge is -2.20. The molecule has 0 aromatic heterocycles. The zero-order chi connectivity index (χ0) is 20.4. The predicted octanol–water partition coefficient (Wildman–Crippen LogP) is 4.73. The summed E-state index contributed by atoms with van der Waals surface area (Å²) < 4.78 is 84.4. The molecule has 0 aliphatic heterocycles. The molecule has 0 aliphatic rings. The van der Waals surface area contributed by atoms with Crippen LogP contribution >= 0.6 is 0 Å². The molecule has 0 fully saturated rings. The molecular formula is C17H14F6N2O2. The van der Waals surface area contributed by atoms with Gasteiger partial charge in [-0.2, -0.15) is 13.2 Å². The lowest BCUT2D eigenvalue weighted by Crippen LogP contribution is -2.32. The minimum absolute atomic E-state index is 0.229. The minimum atomic E-state index is -4.75. The van der Waals surface area contributed by atoms with Gasteiger partial charge in [0, 0.05) is 13.1 Å². The molecule has 0 radical (unpaired) electrons. The van der Waals surface area contributed by atoms with Crippen molar-refractivity contribution in [2.24, 2.45) is 0 Å². The van der Waals surface area contributed by atoms with Crippen molar-refractivity contribution < 1.29 is 35.9 Å². The van der Waals surface area contributed by atoms with Gasteiger partial charge in [0.05, 0.1) is 11.3 Å². The van der Waals surface area contributed by atoms with Crippen LogP contribution in [0.2, 0.25) is 0 Å². The number of ether oxygens (including phenoxy) is 1. The summed E-state index contributed by atoms with van der Waals surface area (Å²) in [6, 6.07) is 4.25. The van der Waals surface area contributed by atoms with Crippen LogP contribution in [-0.2, 0) is 0 Å². The van der Waals surface area contributed by atoms with Gasteiger partial charge in [-0.1, -0.05) is 6.07 Å². The normalized spacial score (nSPS) is 12.4. The van der Waals surface area contributed by atoms with Crippen LogP contribution in [0.15, 0.2) is 30.3 Å². The molecule has 0 aliphatic carbocycles. The molecule has 0 heterocycles. The summed E-state index contributed by atoms with van der Waals surface area (Å²) in [5.74, 6) is -5.04. The van der Waals surface area contributed by atoms with E-state index in [0.717, 1.165) is 24.3 Å². The zero-order valence-corrected chi connectivity index (χ0v) is 14.0. The molecule has 1 amide bonds. The van der Waals surface area contributed by atoms with Crippen LogP contribution in [0.1, 0.15) is 17.3 Å². The van der Waals surface area contributed by atoms with E-state index in [1.165, 1.54) is 7.05 Å². The number of alkyl halides is 3. The number of anilines is 2. The van der Waals surface area contributed by atoms with E-state index >= 15 is 0 Å². The van der Waals surface area contributed by atoms with Crippen molar-refractivity contribution in [3.63, 3.8) is 0 Å². The van der Waals surface area contributed by atoms with Gasteiger partial charge in [-0.25, -0.2) is 13.2 Å². The summed E-state index contributed by atoms with van der Waals surface area (Å²) in [5, 5.41) is 4.27. The number of rotatable bonds is 5. The highest BCUT2D eigenvalue weighted by atomic mass is 19.4. The van der Waals surface area contributed by atoms with Gasteiger partial charge >= 0.3 is 6.18 Å². The molecule has 10 heteroatoms. The third-order valence-corrected chi connectivity index (χ3v) is 3.55. The molecule has 27 heavy (non-hydrogen) atoms. The maximum absolute atomic E-state index is 14.0. The number of carbonyl (C=O) groups is 1. The minimum Gasteiger partial charge on any atom is -0.480 e. The third kappa shape index (κ3) is 4.63. The Bertz CT molecular complexity index is 834. The van der Waals surface area contributed by atoms with Crippen LogP contribution in [0.4, 0.5) is 37.7 Å². The Balaban J connectivity index is 2.44. The van der Waals surface area contributed by atoms with Crippen molar-refractivity contribution in [2.75, 3.05) is 17.7 Å². The molecule has 0 spiro atoms. The average Bonchev–Trinajstić information content (AvgIpc) is 2.58. The van der Waals surface area contributed by atoms with Gasteiger partial charge in [-0.3, -0.25) is 4.79 Å². The quantitative estimate of drug-likeness (QED) is 0.724. The Labute approximate surface area is 150 Å². The first kappa shape index (κ1) is 20.4. The number of hydrogen-bond donors (Lipinski definition) is 2. The lowest BCUT2D eigenvalue weighted by atomic mass is 10.1. The number of nitrogens with one attached hydrogen (secondary N) is 2. The Morgan fingerprint density at radius 3 is 2.19 bits per heavy atom. The SMILES string of the molecule is CNc1cc(OC(C)C(F)(F)F)c(C(=O)Nc2c(F)cccc2F)cc1F. The van der Waals surface area contributed by atoms with Crippen LogP contribution in [0, 0.1) is 17.5 Å². The van der Waals surface area contributed by atoms with Gasteiger partial charge in [0.2, 0.25) is 0 Å². The lowest BCUT2D eigenvalue weighted by molar-refractivity contribution is -0.189. The monoisotopic (exact) mass is 392 g/mol. The van der Waals surface area contributed by atoms with Crippen LogP contribution in [0.25, 0.3) is 0 Å². The molecule has 2 N–H and O–H groups in total. The fraction of sp³-hybridized carbons (Fsp3) is 0.235. The summed E-state index contributed by atoms with van der Waals surface area (Å²) in [5.41, 5.74) is -1.71. The standard InChI is InChI=1S/C17H14F6N2O2/c1-8(17(21,22)23)27-14-7-13(24-2)12(20)6-9(14)16(26)25-15-10(18)4-3-5-11(15)19/h3-8,24H,1-2H3,(H,25,26). The molecule has 0 saturated heterocycles. The van der Waals surface area contributed by atoms with Crippen molar-refractivity contribution in [1.82, 2.24) is 0 Å². The smallest absolute Gasteiger partial charge is 0.425 e. The first-order valence-electron chi connectivity index (χ1n) is 7.54. The van der Waals surface area contributed by atoms with E-state index in [0.29, 0.717) is 13.0 Å². The largest absolute Gasteiger partial charge is 0.480 e. The van der Waals surface area contributed by atoms with Crippen molar-refractivity contribution in [1.29, 1.82) is 0 Å². The van der Waals surface area contributed by atoms with Crippen LogP contribution in [0.5, 0.6) is 5.75 Å². The Kier molecular flexibility index (Phi) is 5.87. The van der Waals surface area contributed by atoms with Crippen LogP contribution in [0.3, 0.4) is 0 Å². The van der Waals surface area contributed by atoms with Crippen LogP contribution < -0.4 is 15.4 Å². The molecule has 1 unspecified atom stereocenters. The molecule has 2 rings (SSSR count). The summed E-state index contributed by atoms with van der Waals surface area (Å²) in [6.07, 6.45) is -7.07. The van der Waals surface area contributed by atoms with Gasteiger partial charge < -0.3 is 15.4 Å². The van der Waals surface area contributed by atoms with Gasteiger partial charge in [0.25, 0.3) is 5.91 Å². The van der Waals surface area contributed by atoms with E-state index in [2.05, 4.69) is 5.32 Å². The Morgan fingerprint density at radius 1 is 1.07 bits per heavy atom. The maximum atomic E-state index is 14.0. The zero-order valence-electron chi connectivity index (χ0n) is 14.0. The number of halogens is 6. The number of hydrogen-bond acceptors (Lipinski definition) is 3. The molecule has 1 atom stereocenters. The van der Waals surface area contributed by atoms with Crippen molar-refractivity contribution in [3.05, 3.63) is 53.3 Å². The molecule has 146 valence electrons. The first-order valence-corrected chi connectivity index (χ1v) is 7.54. The van der Waals surface area contributed by atoms with Crippen molar-refractivity contribution in [3.8, 4) is 5.75 Å². The van der Waals surface area contributed by atoms with E-state index in [-0.39, 0.29) is 5.69 Å². The second-order valence-electron chi connectivity index (χ2n) is 5.43. The predicted molar refractivity (Wildman–Crippen MR) is 86.4 cm³/mol. The number of benzene rings is 2. The van der Waals surface area contributed by atoms with E-state index in [4.69, 9.17) is 4.74 Å². The highest BCUT2D eigenvalue weighted by Crippen LogP contribution is 2.32. The summed E-state index contributed by atoms with van der Waals surface area (Å²) in [7, 11) is 1.31. The Morgan fingerprint density at radius 2 is 1.67 bits per heavy atom. The van der Waals surface area contributed by atoms with Crippen molar-refractivity contribution >= 4 is 17.3 Å². The summed E-state index contributed by atoms with van der Waals surface area (Å²) in [4.78, 5) is 12.3. The molecule has 0 bridgehead atoms. The van der Waals surface area contributed by atoms with E-state index < -0.39 is 52.6 Å². The van der Waals surface area contributed by atoms with Crippen LogP contribution in [-0.4, -0.2) is 25.2 Å². The molecular weight excluding hydrogens is 378 g/mol. The topological polar surface area (TPSA) is 50.4 Å². The maximum Gasteiger partial charge on any atom is 0.425 e. The third-order valence-electron chi connectivity index (χ3n) is 3.55.